The van der Waals surface area contributed by atoms with Gasteiger partial charge in [-0.25, -0.2) is 4.98 Å². The van der Waals surface area contributed by atoms with E-state index in [9.17, 15) is 4.79 Å². The van der Waals surface area contributed by atoms with Crippen LogP contribution >= 0.6 is 11.8 Å². The molecule has 2 aromatic heterocycles. The van der Waals surface area contributed by atoms with Gasteiger partial charge in [-0.05, 0) is 29.8 Å². The number of carbonyl (C=O) groups is 1. The van der Waals surface area contributed by atoms with Crippen LogP contribution < -0.4 is 0 Å². The van der Waals surface area contributed by atoms with Crippen molar-refractivity contribution < 1.29 is 9.21 Å². The van der Waals surface area contributed by atoms with E-state index in [4.69, 9.17) is 4.42 Å². The molecule has 0 bridgehead atoms. The van der Waals surface area contributed by atoms with Gasteiger partial charge < -0.3 is 14.3 Å². The number of carbonyl (C=O) groups excluding carboxylic acids is 1. The minimum Gasteiger partial charge on any atom is -0.467 e. The van der Waals surface area contributed by atoms with Crippen molar-refractivity contribution in [2.75, 3.05) is 5.75 Å². The molecule has 0 unspecified atom stereocenters. The smallest absolute Gasteiger partial charge is 0.233 e. The summed E-state index contributed by atoms with van der Waals surface area (Å²) < 4.78 is 5.44. The number of amides is 1. The fourth-order valence-corrected chi connectivity index (χ4v) is 3.63. The van der Waals surface area contributed by atoms with E-state index < -0.39 is 0 Å². The van der Waals surface area contributed by atoms with Crippen LogP contribution in [0.2, 0.25) is 0 Å². The zero-order chi connectivity index (χ0) is 18.5. The minimum atomic E-state index is 0.0423. The van der Waals surface area contributed by atoms with E-state index in [1.54, 1.807) is 6.26 Å². The molecule has 2 heterocycles. The lowest BCUT2D eigenvalue weighted by Gasteiger charge is -2.21. The Bertz CT molecular complexity index is 979. The van der Waals surface area contributed by atoms with E-state index in [0.717, 1.165) is 27.5 Å². The van der Waals surface area contributed by atoms with Gasteiger partial charge in [-0.15, -0.1) is 0 Å². The summed E-state index contributed by atoms with van der Waals surface area (Å²) >= 11 is 1.42. The second-order valence-corrected chi connectivity index (χ2v) is 7.13. The summed E-state index contributed by atoms with van der Waals surface area (Å²) in [5.74, 6) is 1.13. The van der Waals surface area contributed by atoms with E-state index in [1.165, 1.54) is 11.8 Å². The number of aromatic amines is 1. The topological polar surface area (TPSA) is 62.1 Å². The summed E-state index contributed by atoms with van der Waals surface area (Å²) in [6.07, 6.45) is 1.63. The first-order valence-corrected chi connectivity index (χ1v) is 9.68. The molecule has 4 aromatic rings. The molecule has 0 saturated carbocycles. The maximum atomic E-state index is 12.9. The molecule has 6 heteroatoms. The summed E-state index contributed by atoms with van der Waals surface area (Å²) in [6, 6.07) is 21.6. The molecule has 0 atom stereocenters. The predicted octanol–water partition coefficient (Wildman–Crippen LogP) is 4.48. The molecular weight excluding hydrogens is 358 g/mol. The number of thioether (sulfide) groups is 1. The maximum absolute atomic E-state index is 12.9. The molecule has 1 N–H and O–H groups in total. The van der Waals surface area contributed by atoms with Crippen LogP contribution in [0, 0.1) is 0 Å². The van der Waals surface area contributed by atoms with Crippen LogP contribution in [-0.2, 0) is 17.9 Å². The van der Waals surface area contributed by atoms with Crippen molar-refractivity contribution in [1.82, 2.24) is 14.9 Å². The number of fused-ring (bicyclic) bond motifs is 1. The van der Waals surface area contributed by atoms with Gasteiger partial charge in [0.05, 0.1) is 29.6 Å². The molecule has 0 aliphatic rings. The van der Waals surface area contributed by atoms with Gasteiger partial charge in [0.1, 0.15) is 5.76 Å². The van der Waals surface area contributed by atoms with Crippen LogP contribution in [0.25, 0.3) is 11.0 Å². The Balaban J connectivity index is 1.45. The predicted molar refractivity (Wildman–Crippen MR) is 106 cm³/mol. The average Bonchev–Trinajstić information content (AvgIpc) is 3.35. The van der Waals surface area contributed by atoms with Crippen molar-refractivity contribution in [2.24, 2.45) is 0 Å². The fraction of sp³-hybridized carbons (Fsp3) is 0.143. The van der Waals surface area contributed by atoms with Crippen LogP contribution in [0.5, 0.6) is 0 Å². The van der Waals surface area contributed by atoms with Crippen molar-refractivity contribution in [1.29, 1.82) is 0 Å². The van der Waals surface area contributed by atoms with Crippen molar-refractivity contribution in [3.8, 4) is 0 Å². The van der Waals surface area contributed by atoms with E-state index in [-0.39, 0.29) is 5.91 Å². The molecule has 0 aliphatic heterocycles. The lowest BCUT2D eigenvalue weighted by Crippen LogP contribution is -2.31. The van der Waals surface area contributed by atoms with Gasteiger partial charge in [0.2, 0.25) is 5.91 Å². The first-order valence-electron chi connectivity index (χ1n) is 8.69. The third kappa shape index (κ3) is 4.41. The SMILES string of the molecule is O=C(CSc1nc2ccccc2[nH]1)N(Cc1ccccc1)Cc1ccco1. The quantitative estimate of drug-likeness (QED) is 0.483. The molecule has 4 rings (SSSR count). The first kappa shape index (κ1) is 17.4. The van der Waals surface area contributed by atoms with Gasteiger partial charge in [0.25, 0.3) is 0 Å². The van der Waals surface area contributed by atoms with Gasteiger partial charge in [-0.1, -0.05) is 54.2 Å². The normalized spacial score (nSPS) is 11.0. The number of aromatic nitrogens is 2. The lowest BCUT2D eigenvalue weighted by atomic mass is 10.2. The molecule has 1 amide bonds. The highest BCUT2D eigenvalue weighted by Crippen LogP contribution is 2.20. The molecular formula is C21H19N3O2S. The van der Waals surface area contributed by atoms with Crippen molar-refractivity contribution >= 4 is 28.7 Å². The fourth-order valence-electron chi connectivity index (χ4n) is 2.85. The molecule has 0 spiro atoms. The summed E-state index contributed by atoms with van der Waals surface area (Å²) in [6.45, 7) is 0.989. The molecule has 5 nitrogen and oxygen atoms in total. The number of nitrogens with zero attached hydrogens (tertiary/aromatic N) is 2. The van der Waals surface area contributed by atoms with E-state index in [1.807, 2.05) is 71.6 Å². The number of para-hydroxylation sites is 2. The Morgan fingerprint density at radius 1 is 1.00 bits per heavy atom. The Kier molecular flexibility index (Phi) is 5.25. The summed E-state index contributed by atoms with van der Waals surface area (Å²) in [7, 11) is 0. The third-order valence-corrected chi connectivity index (χ3v) is 5.05. The number of rotatable bonds is 7. The Morgan fingerprint density at radius 2 is 1.81 bits per heavy atom. The Labute approximate surface area is 161 Å². The summed E-state index contributed by atoms with van der Waals surface area (Å²) in [5.41, 5.74) is 2.97. The highest BCUT2D eigenvalue weighted by Gasteiger charge is 2.17. The van der Waals surface area contributed by atoms with Crippen molar-refractivity contribution in [3.63, 3.8) is 0 Å². The van der Waals surface area contributed by atoms with E-state index >= 15 is 0 Å². The Hall–Kier alpha value is -2.99. The largest absolute Gasteiger partial charge is 0.467 e. The first-order chi connectivity index (χ1) is 13.3. The highest BCUT2D eigenvalue weighted by atomic mass is 32.2. The van der Waals surface area contributed by atoms with Crippen LogP contribution in [0.3, 0.4) is 0 Å². The number of imidazole rings is 1. The third-order valence-electron chi connectivity index (χ3n) is 4.20. The van der Waals surface area contributed by atoms with Gasteiger partial charge in [-0.3, -0.25) is 4.79 Å². The van der Waals surface area contributed by atoms with E-state index in [0.29, 0.717) is 18.8 Å². The van der Waals surface area contributed by atoms with Crippen LogP contribution in [-0.4, -0.2) is 26.5 Å². The molecule has 0 radical (unpaired) electrons. The van der Waals surface area contributed by atoms with Crippen molar-refractivity contribution in [2.45, 2.75) is 18.2 Å². The number of benzene rings is 2. The van der Waals surface area contributed by atoms with Crippen LogP contribution in [0.15, 0.2) is 82.6 Å². The standard InChI is InChI=1S/C21H19N3O2S/c25-20(15-27-21-22-18-10-4-5-11-19(18)23-21)24(14-17-9-6-12-26-17)13-16-7-2-1-3-8-16/h1-12H,13-15H2,(H,22,23). The molecule has 0 fully saturated rings. The lowest BCUT2D eigenvalue weighted by molar-refractivity contribution is -0.129. The molecule has 0 saturated heterocycles. The van der Waals surface area contributed by atoms with Gasteiger partial charge >= 0.3 is 0 Å². The van der Waals surface area contributed by atoms with Gasteiger partial charge in [-0.2, -0.15) is 0 Å². The maximum Gasteiger partial charge on any atom is 0.233 e. The summed E-state index contributed by atoms with van der Waals surface area (Å²) in [4.78, 5) is 22.5. The minimum absolute atomic E-state index is 0.0423. The second-order valence-electron chi connectivity index (χ2n) is 6.16. The second kappa shape index (κ2) is 8.14. The molecule has 136 valence electrons. The average molecular weight is 377 g/mol. The zero-order valence-corrected chi connectivity index (χ0v) is 15.5. The number of hydrogen-bond acceptors (Lipinski definition) is 4. The monoisotopic (exact) mass is 377 g/mol. The van der Waals surface area contributed by atoms with Crippen molar-refractivity contribution in [3.05, 3.63) is 84.3 Å². The Morgan fingerprint density at radius 3 is 2.59 bits per heavy atom. The molecule has 27 heavy (non-hydrogen) atoms. The van der Waals surface area contributed by atoms with Crippen LogP contribution in [0.4, 0.5) is 0 Å². The number of hydrogen-bond donors (Lipinski definition) is 1. The van der Waals surface area contributed by atoms with Gasteiger partial charge in [0, 0.05) is 6.54 Å². The summed E-state index contributed by atoms with van der Waals surface area (Å²) in [5, 5.41) is 0.752. The number of nitrogens with one attached hydrogen (secondary N) is 1. The number of H-pyrrole nitrogens is 1. The zero-order valence-electron chi connectivity index (χ0n) is 14.7. The molecule has 2 aromatic carbocycles. The highest BCUT2D eigenvalue weighted by molar-refractivity contribution is 7.99. The van der Waals surface area contributed by atoms with Gasteiger partial charge in [0.15, 0.2) is 5.16 Å². The van der Waals surface area contributed by atoms with E-state index in [2.05, 4.69) is 9.97 Å². The number of furan rings is 1. The van der Waals surface area contributed by atoms with Crippen LogP contribution in [0.1, 0.15) is 11.3 Å². The molecule has 0 aliphatic carbocycles.